The molecule has 0 bridgehead atoms. The fraction of sp³-hybridized carbons (Fsp3) is 0.812. The Labute approximate surface area is 148 Å². The van der Waals surface area contributed by atoms with Crippen LogP contribution >= 0.6 is 12.4 Å². The molecule has 0 radical (unpaired) electrons. The van der Waals surface area contributed by atoms with Crippen LogP contribution in [-0.2, 0) is 16.1 Å². The molecule has 2 aliphatic heterocycles. The van der Waals surface area contributed by atoms with E-state index in [1.165, 1.54) is 17.6 Å². The molecule has 24 heavy (non-hydrogen) atoms. The Hall–Kier alpha value is -1.18. The zero-order valence-corrected chi connectivity index (χ0v) is 14.7. The van der Waals surface area contributed by atoms with Gasteiger partial charge in [-0.05, 0) is 37.5 Å². The molecule has 4 rings (SSSR count). The van der Waals surface area contributed by atoms with Gasteiger partial charge in [-0.15, -0.1) is 12.4 Å². The van der Waals surface area contributed by atoms with Gasteiger partial charge in [-0.3, -0.25) is 9.69 Å². The first-order valence-electron chi connectivity index (χ1n) is 8.75. The molecule has 8 heteroatoms. The number of likely N-dealkylation sites (tertiary alicyclic amines) is 1. The van der Waals surface area contributed by atoms with Crippen molar-refractivity contribution in [2.45, 2.75) is 44.3 Å². The molecule has 1 aromatic rings. The van der Waals surface area contributed by atoms with Crippen LogP contribution in [0.2, 0.25) is 0 Å². The SMILES string of the molecule is Cl.O=C(Cn1nccn1)N[C@H]1CN(C2CCOCC2)C[C@@H]1C1CC1. The third-order valence-electron chi connectivity index (χ3n) is 5.43. The van der Waals surface area contributed by atoms with Crippen LogP contribution in [0.1, 0.15) is 25.7 Å². The summed E-state index contributed by atoms with van der Waals surface area (Å²) in [6, 6.07) is 0.896. The van der Waals surface area contributed by atoms with E-state index in [9.17, 15) is 4.79 Å². The molecule has 1 N–H and O–H groups in total. The average Bonchev–Trinajstić information content (AvgIpc) is 3.12. The summed E-state index contributed by atoms with van der Waals surface area (Å²) in [7, 11) is 0. The first-order valence-corrected chi connectivity index (χ1v) is 8.75. The van der Waals surface area contributed by atoms with E-state index in [-0.39, 0.29) is 30.9 Å². The van der Waals surface area contributed by atoms with Gasteiger partial charge in [0, 0.05) is 38.4 Å². The molecule has 1 aliphatic carbocycles. The van der Waals surface area contributed by atoms with Crippen LogP contribution in [-0.4, -0.2) is 64.2 Å². The maximum atomic E-state index is 12.3. The predicted molar refractivity (Wildman–Crippen MR) is 90.8 cm³/mol. The molecule has 2 atom stereocenters. The van der Waals surface area contributed by atoms with E-state index in [1.54, 1.807) is 12.4 Å². The summed E-state index contributed by atoms with van der Waals surface area (Å²) in [4.78, 5) is 16.3. The summed E-state index contributed by atoms with van der Waals surface area (Å²) in [6.07, 6.45) is 8.08. The van der Waals surface area contributed by atoms with Crippen molar-refractivity contribution in [1.29, 1.82) is 0 Å². The summed E-state index contributed by atoms with van der Waals surface area (Å²) < 4.78 is 5.48. The fourth-order valence-corrected chi connectivity index (χ4v) is 4.07. The van der Waals surface area contributed by atoms with Crippen LogP contribution in [0.5, 0.6) is 0 Å². The number of amides is 1. The summed E-state index contributed by atoms with van der Waals surface area (Å²) in [5, 5.41) is 11.3. The van der Waals surface area contributed by atoms with Crippen molar-refractivity contribution in [1.82, 2.24) is 25.2 Å². The molecule has 7 nitrogen and oxygen atoms in total. The van der Waals surface area contributed by atoms with Gasteiger partial charge in [0.2, 0.25) is 5.91 Å². The second-order valence-corrected chi connectivity index (χ2v) is 7.03. The maximum absolute atomic E-state index is 12.3. The van der Waals surface area contributed by atoms with E-state index >= 15 is 0 Å². The smallest absolute Gasteiger partial charge is 0.243 e. The highest BCUT2D eigenvalue weighted by atomic mass is 35.5. The minimum Gasteiger partial charge on any atom is -0.381 e. The minimum atomic E-state index is 0. The number of ether oxygens (including phenoxy) is 1. The molecule has 2 saturated heterocycles. The van der Waals surface area contributed by atoms with Crippen LogP contribution in [0.4, 0.5) is 0 Å². The van der Waals surface area contributed by atoms with Gasteiger partial charge in [0.05, 0.1) is 12.4 Å². The van der Waals surface area contributed by atoms with Crippen molar-refractivity contribution in [2.24, 2.45) is 11.8 Å². The maximum Gasteiger partial charge on any atom is 0.243 e. The second-order valence-electron chi connectivity index (χ2n) is 7.03. The van der Waals surface area contributed by atoms with Gasteiger partial charge in [-0.1, -0.05) is 0 Å². The Morgan fingerprint density at radius 3 is 2.50 bits per heavy atom. The number of hydrogen-bond donors (Lipinski definition) is 1. The van der Waals surface area contributed by atoms with Gasteiger partial charge in [0.25, 0.3) is 0 Å². The van der Waals surface area contributed by atoms with E-state index in [4.69, 9.17) is 4.74 Å². The van der Waals surface area contributed by atoms with Gasteiger partial charge in [0.1, 0.15) is 6.54 Å². The Bertz CT molecular complexity index is 531. The number of carbonyl (C=O) groups excluding carboxylic acids is 1. The molecule has 1 amide bonds. The first-order chi connectivity index (χ1) is 11.3. The lowest BCUT2D eigenvalue weighted by molar-refractivity contribution is -0.123. The van der Waals surface area contributed by atoms with Gasteiger partial charge >= 0.3 is 0 Å². The largest absolute Gasteiger partial charge is 0.381 e. The highest BCUT2D eigenvalue weighted by molar-refractivity contribution is 5.85. The molecule has 0 unspecified atom stereocenters. The molecule has 1 saturated carbocycles. The number of aromatic nitrogens is 3. The number of carbonyl (C=O) groups is 1. The normalized spacial score (nSPS) is 28.5. The van der Waals surface area contributed by atoms with Crippen LogP contribution in [0, 0.1) is 11.8 Å². The molecule has 3 aliphatic rings. The number of nitrogens with zero attached hydrogens (tertiary/aromatic N) is 4. The third kappa shape index (κ3) is 4.07. The van der Waals surface area contributed by atoms with Crippen LogP contribution in [0.3, 0.4) is 0 Å². The zero-order valence-electron chi connectivity index (χ0n) is 13.8. The van der Waals surface area contributed by atoms with E-state index in [0.29, 0.717) is 12.0 Å². The van der Waals surface area contributed by atoms with Crippen LogP contribution in [0.15, 0.2) is 12.4 Å². The quantitative estimate of drug-likeness (QED) is 0.842. The Kier molecular flexibility index (Phi) is 5.73. The summed E-state index contributed by atoms with van der Waals surface area (Å²) in [5.41, 5.74) is 0. The Balaban J connectivity index is 0.00000169. The molecule has 1 aromatic heterocycles. The summed E-state index contributed by atoms with van der Waals surface area (Å²) >= 11 is 0. The first kappa shape index (κ1) is 17.6. The lowest BCUT2D eigenvalue weighted by atomic mass is 9.98. The van der Waals surface area contributed by atoms with E-state index in [0.717, 1.165) is 45.1 Å². The van der Waals surface area contributed by atoms with Crippen LogP contribution < -0.4 is 5.32 Å². The average molecular weight is 356 g/mol. The highest BCUT2D eigenvalue weighted by Crippen LogP contribution is 2.42. The van der Waals surface area contributed by atoms with Crippen LogP contribution in [0.25, 0.3) is 0 Å². The highest BCUT2D eigenvalue weighted by Gasteiger charge is 2.44. The van der Waals surface area contributed by atoms with Gasteiger partial charge < -0.3 is 10.1 Å². The number of nitrogens with one attached hydrogen (secondary N) is 1. The second kappa shape index (κ2) is 7.80. The van der Waals surface area contributed by atoms with Crippen molar-refractivity contribution in [3.05, 3.63) is 12.4 Å². The summed E-state index contributed by atoms with van der Waals surface area (Å²) in [6.45, 7) is 4.05. The van der Waals surface area contributed by atoms with E-state index in [1.807, 2.05) is 0 Å². The van der Waals surface area contributed by atoms with Gasteiger partial charge in [-0.2, -0.15) is 15.0 Å². The standard InChI is InChI=1S/C16H25N5O2.ClH/c22-16(11-21-17-5-6-18-21)19-15-10-20(9-14(15)12-1-2-12)13-3-7-23-8-4-13;/h5-6,12-15H,1-4,7-11H2,(H,19,22);1H/t14-,15+;/m1./s1. The minimum absolute atomic E-state index is 0. The lowest BCUT2D eigenvalue weighted by Crippen LogP contribution is -2.44. The summed E-state index contributed by atoms with van der Waals surface area (Å²) in [5.74, 6) is 1.42. The molecule has 0 aromatic carbocycles. The topological polar surface area (TPSA) is 72.3 Å². The molecular formula is C16H26ClN5O2. The number of halogens is 1. The van der Waals surface area contributed by atoms with Crippen molar-refractivity contribution in [3.8, 4) is 0 Å². The molecular weight excluding hydrogens is 330 g/mol. The lowest BCUT2D eigenvalue weighted by Gasteiger charge is -2.31. The number of rotatable bonds is 5. The Morgan fingerprint density at radius 1 is 1.12 bits per heavy atom. The molecule has 3 fully saturated rings. The van der Waals surface area contributed by atoms with E-state index < -0.39 is 0 Å². The predicted octanol–water partition coefficient (Wildman–Crippen LogP) is 0.705. The third-order valence-corrected chi connectivity index (χ3v) is 5.43. The fourth-order valence-electron chi connectivity index (χ4n) is 4.07. The van der Waals surface area contributed by atoms with E-state index in [2.05, 4.69) is 20.4 Å². The molecule has 134 valence electrons. The van der Waals surface area contributed by atoms with Gasteiger partial charge in [-0.25, -0.2) is 0 Å². The van der Waals surface area contributed by atoms with Crippen molar-refractivity contribution >= 4 is 18.3 Å². The van der Waals surface area contributed by atoms with Gasteiger partial charge in [0.15, 0.2) is 0 Å². The van der Waals surface area contributed by atoms with Crippen molar-refractivity contribution < 1.29 is 9.53 Å². The Morgan fingerprint density at radius 2 is 1.83 bits per heavy atom. The van der Waals surface area contributed by atoms with Crippen molar-refractivity contribution in [2.75, 3.05) is 26.3 Å². The number of hydrogen-bond acceptors (Lipinski definition) is 5. The molecule has 3 heterocycles. The zero-order chi connectivity index (χ0) is 15.6. The monoisotopic (exact) mass is 355 g/mol. The van der Waals surface area contributed by atoms with Crippen molar-refractivity contribution in [3.63, 3.8) is 0 Å². The molecule has 0 spiro atoms.